The number of pyridine rings is 1. The van der Waals surface area contributed by atoms with Crippen molar-refractivity contribution in [3.05, 3.63) is 106 Å². The highest BCUT2D eigenvalue weighted by atomic mass is 16.6. The lowest BCUT2D eigenvalue weighted by molar-refractivity contribution is -0.384. The number of carbonyl (C=O) groups excluding carboxylic acids is 1. The highest BCUT2D eigenvalue weighted by Crippen LogP contribution is 2.22. The van der Waals surface area contributed by atoms with E-state index in [0.717, 1.165) is 16.5 Å². The summed E-state index contributed by atoms with van der Waals surface area (Å²) in [5.41, 5.74) is 4.75. The number of benzene rings is 3. The molecule has 3 aromatic carbocycles. The molecule has 0 aliphatic carbocycles. The second-order valence-corrected chi connectivity index (χ2v) is 7.19. The van der Waals surface area contributed by atoms with Crippen LogP contribution >= 0.6 is 0 Å². The molecule has 170 valence electrons. The average molecular weight is 456 g/mol. The number of hydrogen-bond acceptors (Lipinski definition) is 7. The van der Waals surface area contributed by atoms with E-state index in [4.69, 9.17) is 9.47 Å². The van der Waals surface area contributed by atoms with Crippen LogP contribution in [0.15, 0.2) is 90.2 Å². The number of para-hydroxylation sites is 1. The molecule has 0 spiro atoms. The summed E-state index contributed by atoms with van der Waals surface area (Å²) in [6.07, 6.45) is 3.18. The van der Waals surface area contributed by atoms with Gasteiger partial charge in [0.1, 0.15) is 23.6 Å². The number of hydrogen-bond donors (Lipinski definition) is 1. The van der Waals surface area contributed by atoms with Crippen LogP contribution < -0.4 is 14.9 Å². The van der Waals surface area contributed by atoms with Crippen molar-refractivity contribution in [2.45, 2.75) is 6.61 Å². The third-order valence-electron chi connectivity index (χ3n) is 4.79. The Morgan fingerprint density at radius 2 is 1.76 bits per heavy atom. The summed E-state index contributed by atoms with van der Waals surface area (Å²) in [6, 6.07) is 22.6. The van der Waals surface area contributed by atoms with Gasteiger partial charge in [-0.05, 0) is 59.7 Å². The number of amides is 1. The molecule has 0 atom stereocenters. The molecular weight excluding hydrogens is 436 g/mol. The van der Waals surface area contributed by atoms with E-state index in [0.29, 0.717) is 17.0 Å². The number of nitro groups is 1. The van der Waals surface area contributed by atoms with Crippen molar-refractivity contribution >= 4 is 28.7 Å². The lowest BCUT2D eigenvalue weighted by atomic mass is 10.2. The molecule has 0 saturated heterocycles. The number of hydrazone groups is 1. The van der Waals surface area contributed by atoms with E-state index in [1.54, 1.807) is 48.7 Å². The van der Waals surface area contributed by atoms with Crippen molar-refractivity contribution in [3.8, 4) is 11.5 Å². The van der Waals surface area contributed by atoms with Crippen molar-refractivity contribution < 1.29 is 19.2 Å². The zero-order chi connectivity index (χ0) is 23.8. The minimum atomic E-state index is -0.442. The van der Waals surface area contributed by atoms with Gasteiger partial charge in [-0.2, -0.15) is 5.10 Å². The van der Waals surface area contributed by atoms with Crippen LogP contribution in [0, 0.1) is 10.1 Å². The summed E-state index contributed by atoms with van der Waals surface area (Å²) < 4.78 is 11.3. The number of non-ortho nitro benzene ring substituents is 1. The number of nitrogens with zero attached hydrogens (tertiary/aromatic N) is 3. The van der Waals surface area contributed by atoms with E-state index >= 15 is 0 Å². The van der Waals surface area contributed by atoms with Crippen LogP contribution in [0.4, 0.5) is 5.69 Å². The van der Waals surface area contributed by atoms with Crippen molar-refractivity contribution in [2.75, 3.05) is 6.61 Å². The summed E-state index contributed by atoms with van der Waals surface area (Å²) in [4.78, 5) is 26.6. The van der Waals surface area contributed by atoms with Crippen molar-refractivity contribution in [2.24, 2.45) is 5.10 Å². The highest BCUT2D eigenvalue weighted by Gasteiger charge is 2.06. The zero-order valence-electron chi connectivity index (χ0n) is 18.0. The van der Waals surface area contributed by atoms with Crippen molar-refractivity contribution in [3.63, 3.8) is 0 Å². The van der Waals surface area contributed by atoms with E-state index in [9.17, 15) is 14.9 Å². The van der Waals surface area contributed by atoms with Gasteiger partial charge in [0.15, 0.2) is 6.61 Å². The molecule has 0 saturated carbocycles. The molecule has 9 nitrogen and oxygen atoms in total. The van der Waals surface area contributed by atoms with Crippen LogP contribution in [0.2, 0.25) is 0 Å². The van der Waals surface area contributed by atoms with Crippen LogP contribution in [-0.4, -0.2) is 28.6 Å². The third-order valence-corrected chi connectivity index (χ3v) is 4.79. The molecule has 1 heterocycles. The minimum Gasteiger partial charge on any atom is -0.489 e. The van der Waals surface area contributed by atoms with Gasteiger partial charge >= 0.3 is 0 Å². The first-order valence-electron chi connectivity index (χ1n) is 10.3. The maximum absolute atomic E-state index is 12.0. The normalized spacial score (nSPS) is 10.8. The topological polar surface area (TPSA) is 116 Å². The number of carbonyl (C=O) groups is 1. The Labute approximate surface area is 194 Å². The lowest BCUT2D eigenvalue weighted by Gasteiger charge is -2.07. The summed E-state index contributed by atoms with van der Waals surface area (Å²) in [5, 5.41) is 15.6. The number of fused-ring (bicyclic) bond motifs is 1. The molecule has 0 fully saturated rings. The molecule has 0 bridgehead atoms. The van der Waals surface area contributed by atoms with Crippen LogP contribution in [0.25, 0.3) is 10.9 Å². The van der Waals surface area contributed by atoms with Crippen LogP contribution in [0.1, 0.15) is 11.1 Å². The Balaban J connectivity index is 1.23. The zero-order valence-corrected chi connectivity index (χ0v) is 18.0. The lowest BCUT2D eigenvalue weighted by Crippen LogP contribution is -2.24. The van der Waals surface area contributed by atoms with Gasteiger partial charge in [0.25, 0.3) is 11.6 Å². The molecule has 1 N–H and O–H groups in total. The van der Waals surface area contributed by atoms with E-state index in [-0.39, 0.29) is 18.9 Å². The standard InChI is InChI=1S/C25H20N4O5/c30-24(17-34-23-5-1-3-20-4-2-14-26-25(20)23)28-27-15-18-8-12-22(13-9-18)33-16-19-6-10-21(11-7-19)29(31)32/h1-15H,16-17H2,(H,28,30)/b27-15+. The smallest absolute Gasteiger partial charge is 0.277 e. The average Bonchev–Trinajstić information content (AvgIpc) is 2.87. The monoisotopic (exact) mass is 456 g/mol. The second-order valence-electron chi connectivity index (χ2n) is 7.19. The van der Waals surface area contributed by atoms with Gasteiger partial charge in [-0.1, -0.05) is 18.2 Å². The van der Waals surface area contributed by atoms with E-state index < -0.39 is 10.8 Å². The first-order chi connectivity index (χ1) is 16.6. The first kappa shape index (κ1) is 22.4. The molecule has 0 radical (unpaired) electrons. The van der Waals surface area contributed by atoms with Crippen molar-refractivity contribution in [1.82, 2.24) is 10.4 Å². The van der Waals surface area contributed by atoms with Gasteiger partial charge in [-0.25, -0.2) is 5.43 Å². The van der Waals surface area contributed by atoms with Gasteiger partial charge in [-0.3, -0.25) is 19.9 Å². The Bertz CT molecular complexity index is 1320. The maximum atomic E-state index is 12.0. The number of rotatable bonds is 9. The Morgan fingerprint density at radius 1 is 1.00 bits per heavy atom. The van der Waals surface area contributed by atoms with Crippen LogP contribution in [-0.2, 0) is 11.4 Å². The summed E-state index contributed by atoms with van der Waals surface area (Å²) in [5.74, 6) is 0.769. The van der Waals surface area contributed by atoms with Crippen LogP contribution in [0.3, 0.4) is 0 Å². The molecule has 0 aliphatic heterocycles. The second kappa shape index (κ2) is 10.7. The molecule has 1 aromatic heterocycles. The fourth-order valence-electron chi connectivity index (χ4n) is 3.08. The minimum absolute atomic E-state index is 0.0385. The van der Waals surface area contributed by atoms with E-state index in [2.05, 4.69) is 15.5 Å². The molecule has 4 aromatic rings. The SMILES string of the molecule is O=C(COc1cccc2cccnc12)N/N=C/c1ccc(OCc2ccc([N+](=O)[O-])cc2)cc1. The highest BCUT2D eigenvalue weighted by molar-refractivity contribution is 5.85. The summed E-state index contributed by atoms with van der Waals surface area (Å²) in [7, 11) is 0. The number of nitro benzene ring substituents is 1. The van der Waals surface area contributed by atoms with Gasteiger partial charge < -0.3 is 9.47 Å². The van der Waals surface area contributed by atoms with Gasteiger partial charge in [0.2, 0.25) is 0 Å². The molecule has 4 rings (SSSR count). The molecule has 1 amide bonds. The molecule has 9 heteroatoms. The maximum Gasteiger partial charge on any atom is 0.277 e. The number of aromatic nitrogens is 1. The molecule has 0 unspecified atom stereocenters. The van der Waals surface area contributed by atoms with Crippen molar-refractivity contribution in [1.29, 1.82) is 0 Å². The molecule has 0 aliphatic rings. The Morgan fingerprint density at radius 3 is 2.53 bits per heavy atom. The van der Waals surface area contributed by atoms with Crippen LogP contribution in [0.5, 0.6) is 11.5 Å². The van der Waals surface area contributed by atoms with Gasteiger partial charge in [-0.15, -0.1) is 0 Å². The first-order valence-corrected chi connectivity index (χ1v) is 10.3. The predicted octanol–water partition coefficient (Wildman–Crippen LogP) is 4.25. The van der Waals surface area contributed by atoms with Gasteiger partial charge in [0.05, 0.1) is 11.1 Å². The number of nitrogens with one attached hydrogen (secondary N) is 1. The summed E-state index contributed by atoms with van der Waals surface area (Å²) in [6.45, 7) is 0.0934. The Kier molecular flexibility index (Phi) is 7.04. The fourth-order valence-corrected chi connectivity index (χ4v) is 3.08. The fraction of sp³-hybridized carbons (Fsp3) is 0.0800. The predicted molar refractivity (Wildman–Crippen MR) is 127 cm³/mol. The third kappa shape index (κ3) is 5.92. The van der Waals surface area contributed by atoms with Gasteiger partial charge in [0, 0.05) is 23.7 Å². The Hall–Kier alpha value is -4.79. The summed E-state index contributed by atoms with van der Waals surface area (Å²) >= 11 is 0. The molecule has 34 heavy (non-hydrogen) atoms. The number of ether oxygens (including phenoxy) is 2. The van der Waals surface area contributed by atoms with E-state index in [1.165, 1.54) is 18.3 Å². The molecular formula is C25H20N4O5. The quantitative estimate of drug-likeness (QED) is 0.229. The largest absolute Gasteiger partial charge is 0.489 e. The van der Waals surface area contributed by atoms with E-state index in [1.807, 2.05) is 24.3 Å².